The van der Waals surface area contributed by atoms with Crippen LogP contribution in [-0.2, 0) is 10.0 Å². The van der Waals surface area contributed by atoms with Crippen LogP contribution in [0.5, 0.6) is 0 Å². The maximum atomic E-state index is 13.2. The fourth-order valence-electron chi connectivity index (χ4n) is 2.06. The molecule has 2 aromatic carbocycles. The van der Waals surface area contributed by atoms with Crippen LogP contribution in [0, 0.1) is 11.6 Å². The molecule has 126 valence electrons. The summed E-state index contributed by atoms with van der Waals surface area (Å²) in [5.74, 6) is -2.47. The van der Waals surface area contributed by atoms with Crippen LogP contribution in [0.2, 0.25) is 0 Å². The summed E-state index contributed by atoms with van der Waals surface area (Å²) >= 11 is 0. The first-order chi connectivity index (χ1) is 11.3. The number of benzene rings is 2. The van der Waals surface area contributed by atoms with Crippen molar-refractivity contribution >= 4 is 21.6 Å². The van der Waals surface area contributed by atoms with Crippen LogP contribution in [0.1, 0.15) is 23.2 Å². The maximum absolute atomic E-state index is 13.2. The van der Waals surface area contributed by atoms with Crippen molar-refractivity contribution in [1.29, 1.82) is 0 Å². The molecule has 1 aliphatic rings. The maximum Gasteiger partial charge on any atom is 0.261 e. The van der Waals surface area contributed by atoms with E-state index in [-0.39, 0.29) is 22.5 Å². The molecular formula is C16H14F2N2O3S. The molecule has 2 aromatic rings. The molecule has 1 saturated carbocycles. The van der Waals surface area contributed by atoms with Gasteiger partial charge in [0.05, 0.1) is 10.6 Å². The van der Waals surface area contributed by atoms with Crippen molar-refractivity contribution in [2.24, 2.45) is 0 Å². The van der Waals surface area contributed by atoms with E-state index >= 15 is 0 Å². The molecule has 1 amide bonds. The number of rotatable bonds is 5. The Bertz CT molecular complexity index is 879. The van der Waals surface area contributed by atoms with Crippen molar-refractivity contribution in [3.63, 3.8) is 0 Å². The molecule has 0 saturated heterocycles. The zero-order valence-electron chi connectivity index (χ0n) is 12.4. The largest absolute Gasteiger partial charge is 0.349 e. The van der Waals surface area contributed by atoms with Gasteiger partial charge in [0.2, 0.25) is 0 Å². The molecule has 8 heteroatoms. The van der Waals surface area contributed by atoms with Gasteiger partial charge < -0.3 is 5.32 Å². The highest BCUT2D eigenvalue weighted by molar-refractivity contribution is 7.92. The van der Waals surface area contributed by atoms with Crippen molar-refractivity contribution in [3.8, 4) is 0 Å². The average Bonchev–Trinajstić information content (AvgIpc) is 3.35. The number of hydrogen-bond acceptors (Lipinski definition) is 3. The first-order valence-corrected chi connectivity index (χ1v) is 8.72. The highest BCUT2D eigenvalue weighted by atomic mass is 32.2. The fraction of sp³-hybridized carbons (Fsp3) is 0.188. The van der Waals surface area contributed by atoms with Crippen LogP contribution in [-0.4, -0.2) is 20.4 Å². The third-order valence-corrected chi connectivity index (χ3v) is 4.91. The number of anilines is 1. The molecule has 0 atom stereocenters. The van der Waals surface area contributed by atoms with Gasteiger partial charge in [0, 0.05) is 17.7 Å². The topological polar surface area (TPSA) is 75.3 Å². The number of hydrogen-bond donors (Lipinski definition) is 2. The Balaban J connectivity index is 1.76. The van der Waals surface area contributed by atoms with Gasteiger partial charge in [-0.3, -0.25) is 9.52 Å². The van der Waals surface area contributed by atoms with Crippen LogP contribution in [0.25, 0.3) is 0 Å². The molecule has 0 aliphatic heterocycles. The predicted octanol–water partition coefficient (Wildman–Crippen LogP) is 2.66. The Morgan fingerprint density at radius 1 is 1.00 bits per heavy atom. The van der Waals surface area contributed by atoms with Crippen LogP contribution < -0.4 is 10.0 Å². The highest BCUT2D eigenvalue weighted by Crippen LogP contribution is 2.21. The van der Waals surface area contributed by atoms with Crippen LogP contribution in [0.4, 0.5) is 14.5 Å². The average molecular weight is 352 g/mol. The molecule has 0 unspecified atom stereocenters. The van der Waals surface area contributed by atoms with E-state index in [1.165, 1.54) is 24.3 Å². The van der Waals surface area contributed by atoms with E-state index in [0.717, 1.165) is 31.0 Å². The number of halogens is 2. The normalized spacial score (nSPS) is 14.2. The lowest BCUT2D eigenvalue weighted by Crippen LogP contribution is -2.25. The first-order valence-electron chi connectivity index (χ1n) is 7.24. The zero-order valence-corrected chi connectivity index (χ0v) is 13.2. The Morgan fingerprint density at radius 2 is 1.67 bits per heavy atom. The van der Waals surface area contributed by atoms with E-state index in [1.54, 1.807) is 0 Å². The van der Waals surface area contributed by atoms with Gasteiger partial charge in [0.15, 0.2) is 11.6 Å². The van der Waals surface area contributed by atoms with Crippen LogP contribution >= 0.6 is 0 Å². The summed E-state index contributed by atoms with van der Waals surface area (Å²) in [6, 6.07) is 8.27. The number of amides is 1. The molecule has 0 heterocycles. The molecule has 24 heavy (non-hydrogen) atoms. The molecule has 0 bridgehead atoms. The molecular weight excluding hydrogens is 338 g/mol. The molecule has 0 aromatic heterocycles. The van der Waals surface area contributed by atoms with Gasteiger partial charge in [-0.2, -0.15) is 0 Å². The fourth-order valence-corrected chi connectivity index (χ4v) is 3.11. The van der Waals surface area contributed by atoms with E-state index in [2.05, 4.69) is 10.0 Å². The quantitative estimate of drug-likeness (QED) is 0.869. The number of carbonyl (C=O) groups is 1. The van der Waals surface area contributed by atoms with Gasteiger partial charge in [-0.05, 0) is 49.2 Å². The lowest BCUT2D eigenvalue weighted by molar-refractivity contribution is 0.0951. The van der Waals surface area contributed by atoms with E-state index < -0.39 is 21.7 Å². The SMILES string of the molecule is O=C(NC1CC1)c1ccc(S(=O)(=O)Nc2ccc(F)c(F)c2)cc1. The minimum atomic E-state index is -3.97. The van der Waals surface area contributed by atoms with E-state index in [0.29, 0.717) is 5.56 Å². The predicted molar refractivity (Wildman–Crippen MR) is 84.1 cm³/mol. The molecule has 0 radical (unpaired) electrons. The van der Waals surface area contributed by atoms with Crippen molar-refractivity contribution in [2.45, 2.75) is 23.8 Å². The van der Waals surface area contributed by atoms with Gasteiger partial charge in [-0.25, -0.2) is 17.2 Å². The van der Waals surface area contributed by atoms with Gasteiger partial charge in [0.25, 0.3) is 15.9 Å². The summed E-state index contributed by atoms with van der Waals surface area (Å²) in [7, 11) is -3.97. The Morgan fingerprint density at radius 3 is 2.25 bits per heavy atom. The number of carbonyl (C=O) groups excluding carboxylic acids is 1. The summed E-state index contributed by atoms with van der Waals surface area (Å²) in [5.41, 5.74) is 0.262. The van der Waals surface area contributed by atoms with E-state index in [1.807, 2.05) is 0 Å². The monoisotopic (exact) mass is 352 g/mol. The molecule has 1 aliphatic carbocycles. The lowest BCUT2D eigenvalue weighted by atomic mass is 10.2. The van der Waals surface area contributed by atoms with Crippen molar-refractivity contribution in [1.82, 2.24) is 5.32 Å². The van der Waals surface area contributed by atoms with Crippen molar-refractivity contribution in [3.05, 3.63) is 59.7 Å². The highest BCUT2D eigenvalue weighted by Gasteiger charge is 2.24. The van der Waals surface area contributed by atoms with Gasteiger partial charge in [-0.1, -0.05) is 0 Å². The smallest absolute Gasteiger partial charge is 0.261 e. The minimum Gasteiger partial charge on any atom is -0.349 e. The second-order valence-corrected chi connectivity index (χ2v) is 7.19. The molecule has 3 rings (SSSR count). The third-order valence-electron chi connectivity index (χ3n) is 3.51. The summed E-state index contributed by atoms with van der Waals surface area (Å²) in [4.78, 5) is 11.8. The molecule has 1 fully saturated rings. The number of nitrogens with one attached hydrogen (secondary N) is 2. The zero-order chi connectivity index (χ0) is 17.3. The van der Waals surface area contributed by atoms with Crippen LogP contribution in [0.3, 0.4) is 0 Å². The van der Waals surface area contributed by atoms with Crippen molar-refractivity contribution in [2.75, 3.05) is 4.72 Å². The second-order valence-electron chi connectivity index (χ2n) is 5.51. The summed E-state index contributed by atoms with van der Waals surface area (Å²) in [5, 5.41) is 2.80. The first kappa shape index (κ1) is 16.4. The lowest BCUT2D eigenvalue weighted by Gasteiger charge is -2.09. The Labute approximate surface area is 137 Å². The Kier molecular flexibility index (Phi) is 4.23. The number of sulfonamides is 1. The van der Waals surface area contributed by atoms with E-state index in [4.69, 9.17) is 0 Å². The summed E-state index contributed by atoms with van der Waals surface area (Å²) in [6.07, 6.45) is 1.91. The summed E-state index contributed by atoms with van der Waals surface area (Å²) in [6.45, 7) is 0. The van der Waals surface area contributed by atoms with Gasteiger partial charge in [0.1, 0.15) is 0 Å². The molecule has 5 nitrogen and oxygen atoms in total. The van der Waals surface area contributed by atoms with Gasteiger partial charge >= 0.3 is 0 Å². The third kappa shape index (κ3) is 3.70. The van der Waals surface area contributed by atoms with Gasteiger partial charge in [-0.15, -0.1) is 0 Å². The minimum absolute atomic E-state index is 0.0878. The second kappa shape index (κ2) is 6.20. The standard InChI is InChI=1S/C16H14F2N2O3S/c17-14-8-5-12(9-15(14)18)20-24(22,23)13-6-1-10(2-7-13)16(21)19-11-3-4-11/h1-2,5-9,11,20H,3-4H2,(H,19,21). The van der Waals surface area contributed by atoms with Crippen LogP contribution in [0.15, 0.2) is 47.4 Å². The van der Waals surface area contributed by atoms with E-state index in [9.17, 15) is 22.0 Å². The van der Waals surface area contributed by atoms with Crippen molar-refractivity contribution < 1.29 is 22.0 Å². The summed E-state index contributed by atoms with van der Waals surface area (Å²) < 4.78 is 52.7. The molecule has 0 spiro atoms. The Hall–Kier alpha value is -2.48. The molecule has 2 N–H and O–H groups in total.